The number of anilines is 1. The largest absolute Gasteiger partial charge is 0.477 e. The summed E-state index contributed by atoms with van der Waals surface area (Å²) in [5, 5.41) is 11.9. The predicted molar refractivity (Wildman–Crippen MR) is 83.4 cm³/mol. The van der Waals surface area contributed by atoms with Crippen molar-refractivity contribution in [2.75, 3.05) is 5.32 Å². The number of carbonyl (C=O) groups is 2. The minimum Gasteiger partial charge on any atom is -0.477 e. The number of esters is 1. The number of rotatable bonds is 8. The van der Waals surface area contributed by atoms with Gasteiger partial charge in [-0.25, -0.2) is 14.6 Å². The summed E-state index contributed by atoms with van der Waals surface area (Å²) >= 11 is 0. The fourth-order valence-corrected chi connectivity index (χ4v) is 1.64. The van der Waals surface area contributed by atoms with E-state index in [9.17, 15) is 9.59 Å². The molecule has 6 heteroatoms. The first-order chi connectivity index (χ1) is 10.5. The number of ether oxygens (including phenoxy) is 1. The summed E-state index contributed by atoms with van der Waals surface area (Å²) in [5.74, 6) is -1.72. The average molecular weight is 306 g/mol. The van der Waals surface area contributed by atoms with Crippen LogP contribution in [0.25, 0.3) is 0 Å². The topological polar surface area (TPSA) is 88.5 Å². The summed E-state index contributed by atoms with van der Waals surface area (Å²) in [6.07, 6.45) is 3.20. The van der Waals surface area contributed by atoms with Crippen LogP contribution in [0.5, 0.6) is 0 Å². The van der Waals surface area contributed by atoms with Crippen molar-refractivity contribution < 1.29 is 19.4 Å². The summed E-state index contributed by atoms with van der Waals surface area (Å²) in [4.78, 5) is 27.3. The van der Waals surface area contributed by atoms with E-state index in [0.29, 0.717) is 12.2 Å². The second-order valence-corrected chi connectivity index (χ2v) is 4.90. The lowest BCUT2D eigenvalue weighted by atomic mass is 10.2. The summed E-state index contributed by atoms with van der Waals surface area (Å²) in [5.41, 5.74) is 0.447. The number of carbonyl (C=O) groups excluding carboxylic acids is 1. The van der Waals surface area contributed by atoms with Gasteiger partial charge in [-0.2, -0.15) is 0 Å². The van der Waals surface area contributed by atoms with Crippen molar-refractivity contribution in [1.82, 2.24) is 4.98 Å². The molecular weight excluding hydrogens is 284 g/mol. The summed E-state index contributed by atoms with van der Waals surface area (Å²) in [7, 11) is 0. The molecule has 0 aliphatic carbocycles. The summed E-state index contributed by atoms with van der Waals surface area (Å²) in [6.45, 7) is 5.61. The normalized spacial score (nSPS) is 12.6. The van der Waals surface area contributed by atoms with Crippen molar-refractivity contribution in [3.05, 3.63) is 35.7 Å². The maximum absolute atomic E-state index is 11.8. The third-order valence-electron chi connectivity index (χ3n) is 3.01. The van der Waals surface area contributed by atoms with E-state index < -0.39 is 17.5 Å². The number of hydrogen-bond acceptors (Lipinski definition) is 5. The standard InChI is InChI=1S/C16H22N2O4/c1-4-7-12-8-6-9-14(18-12)17-10-13(15(19)20)16(21)22-11(3)5-2/h6,8-11H,4-5,7H2,1-3H3,(H,17,18)(H,19,20). The molecule has 1 heterocycles. The molecule has 0 radical (unpaired) electrons. The Labute approximate surface area is 130 Å². The molecule has 0 spiro atoms. The number of aromatic nitrogens is 1. The molecular formula is C16H22N2O4. The van der Waals surface area contributed by atoms with E-state index in [-0.39, 0.29) is 6.10 Å². The van der Waals surface area contributed by atoms with Crippen LogP contribution in [0.1, 0.15) is 39.3 Å². The smallest absolute Gasteiger partial charge is 0.347 e. The minimum absolute atomic E-state index is 0.332. The lowest BCUT2D eigenvalue weighted by molar-refractivity contribution is -0.147. The highest BCUT2D eigenvalue weighted by Gasteiger charge is 2.20. The van der Waals surface area contributed by atoms with E-state index in [4.69, 9.17) is 9.84 Å². The van der Waals surface area contributed by atoms with E-state index in [1.165, 1.54) is 0 Å². The Bertz CT molecular complexity index is 555. The molecule has 120 valence electrons. The van der Waals surface area contributed by atoms with Gasteiger partial charge in [-0.3, -0.25) is 0 Å². The third kappa shape index (κ3) is 5.55. The molecule has 6 nitrogen and oxygen atoms in total. The van der Waals surface area contributed by atoms with Gasteiger partial charge >= 0.3 is 11.9 Å². The van der Waals surface area contributed by atoms with Gasteiger partial charge in [-0.05, 0) is 31.9 Å². The molecule has 0 fully saturated rings. The van der Waals surface area contributed by atoms with Gasteiger partial charge in [0.05, 0.1) is 6.10 Å². The molecule has 1 aromatic rings. The van der Waals surface area contributed by atoms with E-state index in [1.54, 1.807) is 13.0 Å². The molecule has 0 saturated carbocycles. The number of pyridine rings is 1. The van der Waals surface area contributed by atoms with Gasteiger partial charge in [0.1, 0.15) is 5.82 Å². The Kier molecular flexibility index (Phi) is 7.08. The fourth-order valence-electron chi connectivity index (χ4n) is 1.64. The molecule has 0 aliphatic rings. The van der Waals surface area contributed by atoms with Crippen LogP contribution in [0, 0.1) is 0 Å². The van der Waals surface area contributed by atoms with E-state index in [0.717, 1.165) is 24.7 Å². The number of hydrogen-bond donors (Lipinski definition) is 2. The molecule has 0 bridgehead atoms. The maximum atomic E-state index is 11.8. The number of nitrogens with one attached hydrogen (secondary N) is 1. The Hall–Kier alpha value is -2.37. The van der Waals surface area contributed by atoms with Crippen LogP contribution in [-0.2, 0) is 20.7 Å². The highest BCUT2D eigenvalue weighted by Crippen LogP contribution is 2.09. The van der Waals surface area contributed by atoms with Crippen molar-refractivity contribution in [1.29, 1.82) is 0 Å². The SMILES string of the molecule is CCCc1cccc(NC=C(C(=O)O)C(=O)OC(C)CC)n1. The maximum Gasteiger partial charge on any atom is 0.347 e. The highest BCUT2D eigenvalue weighted by atomic mass is 16.5. The van der Waals surface area contributed by atoms with Gasteiger partial charge in [-0.15, -0.1) is 0 Å². The number of nitrogens with zero attached hydrogens (tertiary/aromatic N) is 1. The van der Waals surface area contributed by atoms with Crippen LogP contribution in [0.3, 0.4) is 0 Å². The Morgan fingerprint density at radius 1 is 1.41 bits per heavy atom. The Morgan fingerprint density at radius 2 is 2.14 bits per heavy atom. The molecule has 0 saturated heterocycles. The van der Waals surface area contributed by atoms with E-state index in [2.05, 4.69) is 17.2 Å². The zero-order valence-corrected chi connectivity index (χ0v) is 13.1. The number of carboxylic acid groups (broad SMARTS) is 1. The molecule has 2 N–H and O–H groups in total. The minimum atomic E-state index is -1.34. The van der Waals surface area contributed by atoms with E-state index >= 15 is 0 Å². The van der Waals surface area contributed by atoms with Gasteiger partial charge in [-0.1, -0.05) is 26.3 Å². The van der Waals surface area contributed by atoms with Crippen molar-refractivity contribution in [3.63, 3.8) is 0 Å². The molecule has 1 rings (SSSR count). The van der Waals surface area contributed by atoms with Gasteiger partial charge < -0.3 is 15.2 Å². The third-order valence-corrected chi connectivity index (χ3v) is 3.01. The highest BCUT2D eigenvalue weighted by molar-refractivity contribution is 6.13. The van der Waals surface area contributed by atoms with Crippen molar-refractivity contribution in [2.24, 2.45) is 0 Å². The zero-order chi connectivity index (χ0) is 16.5. The lowest BCUT2D eigenvalue weighted by Crippen LogP contribution is -2.21. The summed E-state index contributed by atoms with van der Waals surface area (Å²) in [6, 6.07) is 5.43. The zero-order valence-electron chi connectivity index (χ0n) is 13.1. The molecule has 0 aromatic carbocycles. The van der Waals surface area contributed by atoms with E-state index in [1.807, 2.05) is 19.1 Å². The number of carboxylic acids is 1. The second kappa shape index (κ2) is 8.81. The number of aryl methyl sites for hydroxylation is 1. The van der Waals surface area contributed by atoms with Gasteiger partial charge in [0.25, 0.3) is 0 Å². The summed E-state index contributed by atoms with van der Waals surface area (Å²) < 4.78 is 5.03. The quantitative estimate of drug-likeness (QED) is 0.332. The Morgan fingerprint density at radius 3 is 2.73 bits per heavy atom. The molecule has 0 aliphatic heterocycles. The average Bonchev–Trinajstić information content (AvgIpc) is 2.47. The number of aliphatic carboxylic acids is 1. The van der Waals surface area contributed by atoms with Crippen LogP contribution < -0.4 is 5.32 Å². The Balaban J connectivity index is 2.84. The van der Waals surface area contributed by atoms with Crippen molar-refractivity contribution in [2.45, 2.75) is 46.1 Å². The monoisotopic (exact) mass is 306 g/mol. The van der Waals surface area contributed by atoms with Crippen LogP contribution in [0.4, 0.5) is 5.82 Å². The fraction of sp³-hybridized carbons (Fsp3) is 0.438. The van der Waals surface area contributed by atoms with Crippen molar-refractivity contribution in [3.8, 4) is 0 Å². The van der Waals surface area contributed by atoms with Crippen LogP contribution >= 0.6 is 0 Å². The molecule has 0 amide bonds. The molecule has 1 unspecified atom stereocenters. The van der Waals surface area contributed by atoms with Crippen LogP contribution in [-0.4, -0.2) is 28.1 Å². The van der Waals surface area contributed by atoms with Gasteiger partial charge in [0.15, 0.2) is 5.57 Å². The van der Waals surface area contributed by atoms with Crippen LogP contribution in [0.15, 0.2) is 30.0 Å². The second-order valence-electron chi connectivity index (χ2n) is 4.90. The van der Waals surface area contributed by atoms with Gasteiger partial charge in [0.2, 0.25) is 0 Å². The van der Waals surface area contributed by atoms with Gasteiger partial charge in [0, 0.05) is 11.9 Å². The van der Waals surface area contributed by atoms with Crippen molar-refractivity contribution >= 4 is 17.8 Å². The first-order valence-corrected chi connectivity index (χ1v) is 7.34. The van der Waals surface area contributed by atoms with Crippen LogP contribution in [0.2, 0.25) is 0 Å². The first kappa shape index (κ1) is 17.7. The molecule has 22 heavy (non-hydrogen) atoms. The first-order valence-electron chi connectivity index (χ1n) is 7.34. The molecule has 1 aromatic heterocycles. The molecule has 1 atom stereocenters. The lowest BCUT2D eigenvalue weighted by Gasteiger charge is -2.11. The predicted octanol–water partition coefficient (Wildman–Crippen LogP) is 2.76.